The largest absolute Gasteiger partial charge is 0.279 e. The molecule has 19 heavy (non-hydrogen) atoms. The number of aromatic nitrogens is 2. The Morgan fingerprint density at radius 3 is 2.84 bits per heavy atom. The van der Waals surface area contributed by atoms with E-state index in [4.69, 9.17) is 11.6 Å². The van der Waals surface area contributed by atoms with Crippen LogP contribution in [0.4, 0.5) is 5.69 Å². The fraction of sp³-hybridized carbons (Fsp3) is 0. The van der Waals surface area contributed by atoms with Crippen molar-refractivity contribution in [3.63, 3.8) is 0 Å². The van der Waals surface area contributed by atoms with Gasteiger partial charge in [-0.3, -0.25) is 4.72 Å². The van der Waals surface area contributed by atoms with E-state index >= 15 is 0 Å². The van der Waals surface area contributed by atoms with Crippen LogP contribution < -0.4 is 4.72 Å². The fourth-order valence-corrected chi connectivity index (χ4v) is 4.55. The molecule has 9 heteroatoms. The van der Waals surface area contributed by atoms with Crippen molar-refractivity contribution < 1.29 is 8.42 Å². The van der Waals surface area contributed by atoms with Gasteiger partial charge in [-0.15, -0.1) is 11.3 Å². The number of nitrogens with one attached hydrogen (secondary N) is 1. The lowest BCUT2D eigenvalue weighted by Crippen LogP contribution is -2.11. The van der Waals surface area contributed by atoms with Crippen LogP contribution in [0.5, 0.6) is 0 Å². The standard InChI is InChI=1S/C10H6ClN3O2S3/c11-10-12-4-9(18-10)19(15,16)14-6-1-2-7-8(3-6)17-5-13-7/h1-5,14H. The molecule has 98 valence electrons. The summed E-state index contributed by atoms with van der Waals surface area (Å²) in [6, 6.07) is 5.18. The number of fused-ring (bicyclic) bond motifs is 1. The quantitative estimate of drug-likeness (QED) is 0.800. The number of rotatable bonds is 3. The summed E-state index contributed by atoms with van der Waals surface area (Å²) in [6.45, 7) is 0. The van der Waals surface area contributed by atoms with Gasteiger partial charge >= 0.3 is 0 Å². The minimum absolute atomic E-state index is 0.0851. The van der Waals surface area contributed by atoms with Gasteiger partial charge in [0.1, 0.15) is 0 Å². The van der Waals surface area contributed by atoms with Crippen LogP contribution in [0.2, 0.25) is 4.47 Å². The first-order chi connectivity index (χ1) is 9.04. The van der Waals surface area contributed by atoms with Gasteiger partial charge in [0.15, 0.2) is 8.68 Å². The third-order valence-electron chi connectivity index (χ3n) is 2.30. The lowest BCUT2D eigenvalue weighted by molar-refractivity contribution is 0.603. The van der Waals surface area contributed by atoms with Crippen LogP contribution >= 0.6 is 34.3 Å². The van der Waals surface area contributed by atoms with Crippen LogP contribution in [0, 0.1) is 0 Å². The number of hydrogen-bond donors (Lipinski definition) is 1. The molecule has 0 aliphatic carbocycles. The number of thiazole rings is 2. The van der Waals surface area contributed by atoms with Crippen molar-refractivity contribution >= 4 is 60.2 Å². The van der Waals surface area contributed by atoms with Gasteiger partial charge in [-0.1, -0.05) is 22.9 Å². The molecule has 0 aliphatic heterocycles. The molecule has 0 saturated heterocycles. The number of anilines is 1. The van der Waals surface area contributed by atoms with Crippen molar-refractivity contribution in [2.45, 2.75) is 4.21 Å². The molecule has 0 radical (unpaired) electrons. The van der Waals surface area contributed by atoms with Crippen molar-refractivity contribution in [3.05, 3.63) is 34.4 Å². The van der Waals surface area contributed by atoms with E-state index in [9.17, 15) is 8.42 Å². The second-order valence-corrected chi connectivity index (χ2v) is 7.98. The molecule has 0 atom stereocenters. The first-order valence-corrected chi connectivity index (χ1v) is 8.58. The molecule has 0 unspecified atom stereocenters. The Kier molecular flexibility index (Phi) is 3.17. The summed E-state index contributed by atoms with van der Waals surface area (Å²) in [4.78, 5) is 7.86. The van der Waals surface area contributed by atoms with E-state index in [1.807, 2.05) is 0 Å². The predicted molar refractivity (Wildman–Crippen MR) is 77.6 cm³/mol. The Hall–Kier alpha value is -1.22. The summed E-state index contributed by atoms with van der Waals surface area (Å²) in [5.41, 5.74) is 3.04. The maximum atomic E-state index is 12.1. The van der Waals surface area contributed by atoms with Crippen molar-refractivity contribution in [1.82, 2.24) is 9.97 Å². The Labute approximate surface area is 122 Å². The SMILES string of the molecule is O=S(=O)(Nc1ccc2ncsc2c1)c1cnc(Cl)s1. The molecule has 0 saturated carbocycles. The summed E-state index contributed by atoms with van der Waals surface area (Å²) in [5.74, 6) is 0. The molecule has 2 aromatic heterocycles. The minimum Gasteiger partial charge on any atom is -0.279 e. The van der Waals surface area contributed by atoms with Crippen LogP contribution in [-0.4, -0.2) is 18.4 Å². The molecular weight excluding hydrogens is 326 g/mol. The van der Waals surface area contributed by atoms with Gasteiger partial charge < -0.3 is 0 Å². The van der Waals surface area contributed by atoms with Crippen molar-refractivity contribution in [2.24, 2.45) is 0 Å². The Bertz CT molecular complexity index is 840. The second-order valence-electron chi connectivity index (χ2n) is 3.57. The van der Waals surface area contributed by atoms with E-state index in [1.54, 1.807) is 23.7 Å². The van der Waals surface area contributed by atoms with Gasteiger partial charge in [-0.05, 0) is 18.2 Å². The Morgan fingerprint density at radius 1 is 1.26 bits per heavy atom. The zero-order chi connectivity index (χ0) is 13.5. The summed E-state index contributed by atoms with van der Waals surface area (Å²) in [6.07, 6.45) is 1.24. The minimum atomic E-state index is -3.64. The molecule has 5 nitrogen and oxygen atoms in total. The van der Waals surface area contributed by atoms with Gasteiger partial charge in [-0.25, -0.2) is 18.4 Å². The van der Waals surface area contributed by atoms with E-state index in [0.29, 0.717) is 5.69 Å². The van der Waals surface area contributed by atoms with Crippen LogP contribution in [-0.2, 0) is 10.0 Å². The molecule has 0 aliphatic rings. The third-order valence-corrected chi connectivity index (χ3v) is 6.05. The summed E-state index contributed by atoms with van der Waals surface area (Å²) >= 11 is 8.01. The molecule has 3 aromatic rings. The molecule has 2 heterocycles. The maximum absolute atomic E-state index is 12.1. The van der Waals surface area contributed by atoms with Gasteiger partial charge in [0.25, 0.3) is 10.0 Å². The van der Waals surface area contributed by atoms with E-state index in [2.05, 4.69) is 14.7 Å². The van der Waals surface area contributed by atoms with Crippen LogP contribution in [0.3, 0.4) is 0 Å². The topological polar surface area (TPSA) is 72.0 Å². The van der Waals surface area contributed by atoms with E-state index in [-0.39, 0.29) is 8.68 Å². The summed E-state index contributed by atoms with van der Waals surface area (Å²) in [5, 5.41) is 0. The molecule has 0 spiro atoms. The lowest BCUT2D eigenvalue weighted by Gasteiger charge is -2.05. The summed E-state index contributed by atoms with van der Waals surface area (Å²) in [7, 11) is -3.64. The van der Waals surface area contributed by atoms with Crippen molar-refractivity contribution in [2.75, 3.05) is 4.72 Å². The van der Waals surface area contributed by atoms with E-state index < -0.39 is 10.0 Å². The fourth-order valence-electron chi connectivity index (χ4n) is 1.49. The summed E-state index contributed by atoms with van der Waals surface area (Å²) < 4.78 is 27.8. The number of halogens is 1. The first kappa shape index (κ1) is 12.8. The maximum Gasteiger partial charge on any atom is 0.273 e. The molecular formula is C10H6ClN3O2S3. The van der Waals surface area contributed by atoms with Crippen LogP contribution in [0.25, 0.3) is 10.2 Å². The van der Waals surface area contributed by atoms with Gasteiger partial charge in [0.05, 0.1) is 27.6 Å². The van der Waals surface area contributed by atoms with Crippen molar-refractivity contribution in [3.8, 4) is 0 Å². The van der Waals surface area contributed by atoms with Gasteiger partial charge in [0.2, 0.25) is 0 Å². The van der Waals surface area contributed by atoms with Gasteiger partial charge in [-0.2, -0.15) is 0 Å². The third kappa shape index (κ3) is 2.57. The molecule has 1 aromatic carbocycles. The highest BCUT2D eigenvalue weighted by Gasteiger charge is 2.17. The average Bonchev–Trinajstić information content (AvgIpc) is 2.96. The molecule has 3 rings (SSSR count). The zero-order valence-corrected chi connectivity index (χ0v) is 12.4. The van der Waals surface area contributed by atoms with Gasteiger partial charge in [0, 0.05) is 0 Å². The normalized spacial score (nSPS) is 11.8. The Balaban J connectivity index is 1.95. The number of nitrogens with zero attached hydrogens (tertiary/aromatic N) is 2. The average molecular weight is 332 g/mol. The lowest BCUT2D eigenvalue weighted by atomic mass is 10.3. The first-order valence-electron chi connectivity index (χ1n) is 5.02. The number of benzene rings is 1. The molecule has 1 N–H and O–H groups in total. The highest BCUT2D eigenvalue weighted by atomic mass is 35.5. The molecule has 0 amide bonds. The number of sulfonamides is 1. The molecule has 0 bridgehead atoms. The second kappa shape index (κ2) is 4.71. The highest BCUT2D eigenvalue weighted by molar-refractivity contribution is 7.94. The van der Waals surface area contributed by atoms with Crippen LogP contribution in [0.15, 0.2) is 34.1 Å². The number of hydrogen-bond acceptors (Lipinski definition) is 6. The van der Waals surface area contributed by atoms with Crippen molar-refractivity contribution in [1.29, 1.82) is 0 Å². The highest BCUT2D eigenvalue weighted by Crippen LogP contribution is 2.27. The Morgan fingerprint density at radius 2 is 2.11 bits per heavy atom. The zero-order valence-electron chi connectivity index (χ0n) is 9.20. The monoisotopic (exact) mass is 331 g/mol. The van der Waals surface area contributed by atoms with E-state index in [0.717, 1.165) is 21.6 Å². The van der Waals surface area contributed by atoms with E-state index in [1.165, 1.54) is 17.5 Å². The molecule has 0 fully saturated rings. The predicted octanol–water partition coefficient (Wildman–Crippen LogP) is 3.21. The van der Waals surface area contributed by atoms with Crippen LogP contribution in [0.1, 0.15) is 0 Å². The smallest absolute Gasteiger partial charge is 0.273 e.